The molecule has 0 aliphatic heterocycles. The molecule has 0 aliphatic carbocycles. The minimum absolute atomic E-state index is 0.0959. The topological polar surface area (TPSA) is 59.3 Å². The Balaban J connectivity index is 2.95. The van der Waals surface area contributed by atoms with Crippen molar-refractivity contribution in [3.05, 3.63) is 46.2 Å². The van der Waals surface area contributed by atoms with E-state index in [1.807, 2.05) is 26.0 Å². The van der Waals surface area contributed by atoms with Crippen LogP contribution in [-0.2, 0) is 0 Å². The first-order valence-corrected chi connectivity index (χ1v) is 5.39. The SMILES string of the molecule is CC(C)n1cc(C(=O)O)c(=O)c2ccccc21. The van der Waals surface area contributed by atoms with Crippen LogP contribution in [0.3, 0.4) is 0 Å². The molecule has 0 atom stereocenters. The molecule has 0 saturated carbocycles. The molecule has 4 heteroatoms. The largest absolute Gasteiger partial charge is 0.477 e. The van der Waals surface area contributed by atoms with Crippen molar-refractivity contribution < 1.29 is 9.90 Å². The van der Waals surface area contributed by atoms with Gasteiger partial charge < -0.3 is 9.67 Å². The van der Waals surface area contributed by atoms with Crippen LogP contribution < -0.4 is 5.43 Å². The number of pyridine rings is 1. The average molecular weight is 231 g/mol. The lowest BCUT2D eigenvalue weighted by atomic mass is 10.1. The predicted octanol–water partition coefficient (Wildman–Crippen LogP) is 2.28. The van der Waals surface area contributed by atoms with Gasteiger partial charge >= 0.3 is 5.97 Å². The van der Waals surface area contributed by atoms with Crippen molar-refractivity contribution in [2.45, 2.75) is 19.9 Å². The van der Waals surface area contributed by atoms with Gasteiger partial charge in [0.15, 0.2) is 0 Å². The second kappa shape index (κ2) is 4.05. The Morgan fingerprint density at radius 2 is 1.94 bits per heavy atom. The lowest BCUT2D eigenvalue weighted by Gasteiger charge is -2.15. The first-order valence-electron chi connectivity index (χ1n) is 5.39. The number of hydrogen-bond donors (Lipinski definition) is 1. The van der Waals surface area contributed by atoms with E-state index in [2.05, 4.69) is 0 Å². The highest BCUT2D eigenvalue weighted by molar-refractivity contribution is 5.92. The van der Waals surface area contributed by atoms with Crippen molar-refractivity contribution >= 4 is 16.9 Å². The maximum absolute atomic E-state index is 12.0. The zero-order valence-electron chi connectivity index (χ0n) is 9.68. The Labute approximate surface area is 98.1 Å². The van der Waals surface area contributed by atoms with Gasteiger partial charge in [-0.3, -0.25) is 4.79 Å². The van der Waals surface area contributed by atoms with Gasteiger partial charge in [0.05, 0.1) is 5.52 Å². The molecule has 1 aromatic carbocycles. The van der Waals surface area contributed by atoms with Gasteiger partial charge in [-0.1, -0.05) is 12.1 Å². The summed E-state index contributed by atoms with van der Waals surface area (Å²) < 4.78 is 1.81. The van der Waals surface area contributed by atoms with Gasteiger partial charge in [-0.2, -0.15) is 0 Å². The third-order valence-corrected chi connectivity index (χ3v) is 2.73. The molecule has 1 heterocycles. The molecule has 0 radical (unpaired) electrons. The second-order valence-corrected chi connectivity index (χ2v) is 4.20. The van der Waals surface area contributed by atoms with Crippen LogP contribution in [0.1, 0.15) is 30.2 Å². The number of carboxylic acids is 1. The molecule has 1 N–H and O–H groups in total. The monoisotopic (exact) mass is 231 g/mol. The van der Waals surface area contributed by atoms with Crippen LogP contribution in [0, 0.1) is 0 Å². The summed E-state index contributed by atoms with van der Waals surface area (Å²) in [6, 6.07) is 7.14. The molecule has 2 rings (SSSR count). The summed E-state index contributed by atoms with van der Waals surface area (Å²) in [6.45, 7) is 3.89. The first-order chi connectivity index (χ1) is 8.02. The van der Waals surface area contributed by atoms with Crippen LogP contribution in [0.2, 0.25) is 0 Å². The zero-order valence-corrected chi connectivity index (χ0v) is 9.68. The summed E-state index contributed by atoms with van der Waals surface area (Å²) in [4.78, 5) is 23.0. The minimum Gasteiger partial charge on any atom is -0.477 e. The van der Waals surface area contributed by atoms with Gasteiger partial charge in [-0.05, 0) is 26.0 Å². The van der Waals surface area contributed by atoms with Gasteiger partial charge in [0, 0.05) is 17.6 Å². The summed E-state index contributed by atoms with van der Waals surface area (Å²) in [6.07, 6.45) is 1.41. The van der Waals surface area contributed by atoms with Crippen molar-refractivity contribution in [1.82, 2.24) is 4.57 Å². The van der Waals surface area contributed by atoms with E-state index in [0.717, 1.165) is 5.52 Å². The van der Waals surface area contributed by atoms with E-state index in [1.54, 1.807) is 16.7 Å². The number of benzene rings is 1. The number of hydrogen-bond acceptors (Lipinski definition) is 2. The molecule has 88 valence electrons. The molecule has 0 amide bonds. The van der Waals surface area contributed by atoms with Crippen LogP contribution in [0.15, 0.2) is 35.3 Å². The highest BCUT2D eigenvalue weighted by atomic mass is 16.4. The number of carboxylic acid groups (broad SMARTS) is 1. The van der Waals surface area contributed by atoms with E-state index in [4.69, 9.17) is 5.11 Å². The number of fused-ring (bicyclic) bond motifs is 1. The first kappa shape index (κ1) is 11.4. The van der Waals surface area contributed by atoms with E-state index in [1.165, 1.54) is 6.20 Å². The Bertz CT molecular complexity index is 641. The number of aromatic carboxylic acids is 1. The summed E-state index contributed by atoms with van der Waals surface area (Å²) in [5, 5.41) is 9.46. The lowest BCUT2D eigenvalue weighted by molar-refractivity contribution is 0.0695. The smallest absolute Gasteiger partial charge is 0.341 e. The van der Waals surface area contributed by atoms with Crippen molar-refractivity contribution in [2.75, 3.05) is 0 Å². The normalized spacial score (nSPS) is 11.0. The molecular weight excluding hydrogens is 218 g/mol. The molecule has 0 aliphatic rings. The highest BCUT2D eigenvalue weighted by Crippen LogP contribution is 2.16. The van der Waals surface area contributed by atoms with Gasteiger partial charge in [-0.25, -0.2) is 4.79 Å². The maximum atomic E-state index is 12.0. The lowest BCUT2D eigenvalue weighted by Crippen LogP contribution is -2.19. The van der Waals surface area contributed by atoms with Crippen molar-refractivity contribution in [2.24, 2.45) is 0 Å². The Kier molecular flexibility index (Phi) is 2.71. The van der Waals surface area contributed by atoms with Crippen molar-refractivity contribution in [1.29, 1.82) is 0 Å². The zero-order chi connectivity index (χ0) is 12.6. The predicted molar refractivity (Wildman–Crippen MR) is 65.6 cm³/mol. The van der Waals surface area contributed by atoms with E-state index < -0.39 is 11.4 Å². The molecule has 0 bridgehead atoms. The number of carbonyl (C=O) groups is 1. The van der Waals surface area contributed by atoms with E-state index in [9.17, 15) is 9.59 Å². The van der Waals surface area contributed by atoms with E-state index >= 15 is 0 Å². The summed E-state index contributed by atoms with van der Waals surface area (Å²) in [7, 11) is 0. The fraction of sp³-hybridized carbons (Fsp3) is 0.231. The van der Waals surface area contributed by atoms with Crippen LogP contribution in [0.5, 0.6) is 0 Å². The van der Waals surface area contributed by atoms with Crippen LogP contribution in [0.4, 0.5) is 0 Å². The Hall–Kier alpha value is -2.10. The van der Waals surface area contributed by atoms with Crippen LogP contribution >= 0.6 is 0 Å². The molecule has 0 unspecified atom stereocenters. The molecule has 2 aromatic rings. The van der Waals surface area contributed by atoms with E-state index in [0.29, 0.717) is 5.39 Å². The Morgan fingerprint density at radius 1 is 1.29 bits per heavy atom. The fourth-order valence-electron chi connectivity index (χ4n) is 1.88. The average Bonchev–Trinajstić information content (AvgIpc) is 2.29. The third-order valence-electron chi connectivity index (χ3n) is 2.73. The maximum Gasteiger partial charge on any atom is 0.341 e. The Morgan fingerprint density at radius 3 is 2.53 bits per heavy atom. The molecule has 0 fully saturated rings. The second-order valence-electron chi connectivity index (χ2n) is 4.20. The summed E-state index contributed by atoms with van der Waals surface area (Å²) in [5.41, 5.74) is 0.153. The fourth-order valence-corrected chi connectivity index (χ4v) is 1.88. The number of rotatable bonds is 2. The van der Waals surface area contributed by atoms with Gasteiger partial charge in [0.2, 0.25) is 5.43 Å². The number of para-hydroxylation sites is 1. The minimum atomic E-state index is -1.19. The van der Waals surface area contributed by atoms with Crippen molar-refractivity contribution in [3.8, 4) is 0 Å². The number of nitrogens with zero attached hydrogens (tertiary/aromatic N) is 1. The van der Waals surface area contributed by atoms with E-state index in [-0.39, 0.29) is 11.6 Å². The van der Waals surface area contributed by atoms with Crippen LogP contribution in [0.25, 0.3) is 10.9 Å². The van der Waals surface area contributed by atoms with Crippen LogP contribution in [-0.4, -0.2) is 15.6 Å². The number of aromatic nitrogens is 1. The third kappa shape index (κ3) is 1.82. The molecule has 1 aromatic heterocycles. The molecule has 0 spiro atoms. The standard InChI is InChI=1S/C13H13NO3/c1-8(2)14-7-10(13(16)17)12(15)9-5-3-4-6-11(9)14/h3-8H,1-2H3,(H,16,17). The molecular formula is C13H13NO3. The van der Waals surface area contributed by atoms with Crippen molar-refractivity contribution in [3.63, 3.8) is 0 Å². The quantitative estimate of drug-likeness (QED) is 0.862. The molecule has 17 heavy (non-hydrogen) atoms. The summed E-state index contributed by atoms with van der Waals surface area (Å²) >= 11 is 0. The molecule has 0 saturated heterocycles. The van der Waals surface area contributed by atoms with Gasteiger partial charge in [0.1, 0.15) is 5.56 Å². The van der Waals surface area contributed by atoms with Gasteiger partial charge in [-0.15, -0.1) is 0 Å². The highest BCUT2D eigenvalue weighted by Gasteiger charge is 2.14. The molecule has 4 nitrogen and oxygen atoms in total. The summed E-state index contributed by atoms with van der Waals surface area (Å²) in [5.74, 6) is -1.19. The van der Waals surface area contributed by atoms with Gasteiger partial charge in [0.25, 0.3) is 0 Å².